The Morgan fingerprint density at radius 3 is 2.35 bits per heavy atom. The summed E-state index contributed by atoms with van der Waals surface area (Å²) in [6, 6.07) is 12.3. The summed E-state index contributed by atoms with van der Waals surface area (Å²) in [5.41, 5.74) is 9.81. The van der Waals surface area contributed by atoms with E-state index in [0.29, 0.717) is 11.3 Å². The molecule has 0 aromatic heterocycles. The maximum atomic E-state index is 12.8. The molecule has 0 aliphatic carbocycles. The first-order valence-electron chi connectivity index (χ1n) is 10.6. The smallest absolute Gasteiger partial charge is 0.340 e. The van der Waals surface area contributed by atoms with Gasteiger partial charge in [-0.15, -0.1) is 0 Å². The number of carbonyl (C=O) groups excluding carboxylic acids is 2. The van der Waals surface area contributed by atoms with Crippen molar-refractivity contribution in [1.29, 1.82) is 5.41 Å². The molecule has 0 radical (unpaired) electrons. The standard InChI is InChI=1S/C24H30N4O3/c1-3-17-12-18(15-28-10-4-5-11-28)14-20(13-17)22(24(30)31-16(2)29)27-21-8-6-19(7-9-21)23(25)26/h6-9,12-14,22,27H,3-5,10-11,15H2,1-2H3,(H3,25,26). The van der Waals surface area contributed by atoms with Gasteiger partial charge in [0.2, 0.25) is 0 Å². The number of aryl methyl sites for hydroxylation is 1. The highest BCUT2D eigenvalue weighted by molar-refractivity contribution is 5.95. The second-order valence-corrected chi connectivity index (χ2v) is 7.90. The fourth-order valence-electron chi connectivity index (χ4n) is 3.84. The average Bonchev–Trinajstić information content (AvgIpc) is 3.24. The SMILES string of the molecule is CCc1cc(CN2CCCC2)cc(C(Nc2ccc(C(=N)N)cc2)C(=O)OC(C)=O)c1. The molecule has 0 spiro atoms. The number of nitrogens with two attached hydrogens (primary N) is 1. The summed E-state index contributed by atoms with van der Waals surface area (Å²) in [5.74, 6) is -1.32. The van der Waals surface area contributed by atoms with Crippen LogP contribution in [0.4, 0.5) is 5.69 Å². The van der Waals surface area contributed by atoms with Gasteiger partial charge in [0, 0.05) is 24.7 Å². The highest BCUT2D eigenvalue weighted by atomic mass is 16.6. The van der Waals surface area contributed by atoms with E-state index in [9.17, 15) is 9.59 Å². The zero-order valence-corrected chi connectivity index (χ0v) is 18.1. The fraction of sp³-hybridized carbons (Fsp3) is 0.375. The number of rotatable bonds is 8. The Labute approximate surface area is 183 Å². The molecule has 1 atom stereocenters. The van der Waals surface area contributed by atoms with Crippen LogP contribution < -0.4 is 11.1 Å². The van der Waals surface area contributed by atoms with Crippen LogP contribution in [0.25, 0.3) is 0 Å². The molecule has 1 fully saturated rings. The second-order valence-electron chi connectivity index (χ2n) is 7.90. The van der Waals surface area contributed by atoms with E-state index in [1.807, 2.05) is 12.1 Å². The Balaban J connectivity index is 1.92. The Kier molecular flexibility index (Phi) is 7.41. The van der Waals surface area contributed by atoms with E-state index in [-0.39, 0.29) is 5.84 Å². The Morgan fingerprint density at radius 2 is 1.77 bits per heavy atom. The number of anilines is 1. The number of nitrogens with zero attached hydrogens (tertiary/aromatic N) is 1. The van der Waals surface area contributed by atoms with Crippen LogP contribution in [0.15, 0.2) is 42.5 Å². The van der Waals surface area contributed by atoms with E-state index in [1.54, 1.807) is 24.3 Å². The Morgan fingerprint density at radius 1 is 1.13 bits per heavy atom. The summed E-state index contributed by atoms with van der Waals surface area (Å²) >= 11 is 0. The van der Waals surface area contributed by atoms with E-state index in [0.717, 1.165) is 42.7 Å². The molecule has 1 aliphatic rings. The average molecular weight is 423 g/mol. The molecule has 4 N–H and O–H groups in total. The van der Waals surface area contributed by atoms with Gasteiger partial charge in [0.05, 0.1) is 0 Å². The van der Waals surface area contributed by atoms with Crippen LogP contribution in [0.2, 0.25) is 0 Å². The van der Waals surface area contributed by atoms with Gasteiger partial charge in [0.1, 0.15) is 5.84 Å². The summed E-state index contributed by atoms with van der Waals surface area (Å²) in [4.78, 5) is 26.7. The van der Waals surface area contributed by atoms with E-state index in [2.05, 4.69) is 23.2 Å². The van der Waals surface area contributed by atoms with Crippen molar-refractivity contribution >= 4 is 23.5 Å². The number of ether oxygens (including phenoxy) is 1. The van der Waals surface area contributed by atoms with Crippen LogP contribution in [0.1, 0.15) is 55.0 Å². The zero-order valence-electron chi connectivity index (χ0n) is 18.1. The highest BCUT2D eigenvalue weighted by Gasteiger charge is 2.25. The molecule has 1 aliphatic heterocycles. The fourth-order valence-corrected chi connectivity index (χ4v) is 3.84. The highest BCUT2D eigenvalue weighted by Crippen LogP contribution is 2.25. The number of nitrogens with one attached hydrogen (secondary N) is 2. The quantitative estimate of drug-likeness (QED) is 0.260. The summed E-state index contributed by atoms with van der Waals surface area (Å²) in [7, 11) is 0. The summed E-state index contributed by atoms with van der Waals surface area (Å²) in [6.45, 7) is 6.31. The number of hydrogen-bond donors (Lipinski definition) is 3. The van der Waals surface area contributed by atoms with Crippen molar-refractivity contribution in [3.63, 3.8) is 0 Å². The number of likely N-dealkylation sites (tertiary alicyclic amines) is 1. The largest absolute Gasteiger partial charge is 0.392 e. The molecular formula is C24H30N4O3. The lowest BCUT2D eigenvalue weighted by Gasteiger charge is -2.21. The maximum absolute atomic E-state index is 12.8. The van der Waals surface area contributed by atoms with E-state index in [1.165, 1.54) is 19.8 Å². The molecule has 31 heavy (non-hydrogen) atoms. The Hall–Kier alpha value is -3.19. The first-order valence-corrected chi connectivity index (χ1v) is 10.6. The minimum Gasteiger partial charge on any atom is -0.392 e. The number of nitrogen functional groups attached to an aromatic ring is 1. The lowest BCUT2D eigenvalue weighted by molar-refractivity contribution is -0.158. The predicted octanol–water partition coefficient (Wildman–Crippen LogP) is 3.37. The third-order valence-corrected chi connectivity index (χ3v) is 5.41. The van der Waals surface area contributed by atoms with Gasteiger partial charge in [-0.1, -0.05) is 25.1 Å². The molecule has 7 nitrogen and oxygen atoms in total. The topological polar surface area (TPSA) is 109 Å². The molecule has 0 saturated carbocycles. The van der Waals surface area contributed by atoms with Crippen LogP contribution in [-0.4, -0.2) is 35.8 Å². The van der Waals surface area contributed by atoms with Gasteiger partial charge in [-0.2, -0.15) is 0 Å². The molecule has 164 valence electrons. The number of esters is 2. The molecular weight excluding hydrogens is 392 g/mol. The minimum absolute atomic E-state index is 0.0266. The predicted molar refractivity (Wildman–Crippen MR) is 121 cm³/mol. The molecule has 1 unspecified atom stereocenters. The van der Waals surface area contributed by atoms with Gasteiger partial charge in [0.15, 0.2) is 6.04 Å². The van der Waals surface area contributed by atoms with E-state index < -0.39 is 18.0 Å². The maximum Gasteiger partial charge on any atom is 0.340 e. The molecule has 0 amide bonds. The van der Waals surface area contributed by atoms with E-state index >= 15 is 0 Å². The van der Waals surface area contributed by atoms with Crippen molar-refractivity contribution in [3.8, 4) is 0 Å². The van der Waals surface area contributed by atoms with Gasteiger partial charge in [-0.05, 0) is 73.3 Å². The minimum atomic E-state index is -0.837. The van der Waals surface area contributed by atoms with Crippen molar-refractivity contribution < 1.29 is 14.3 Å². The lowest BCUT2D eigenvalue weighted by atomic mass is 9.98. The van der Waals surface area contributed by atoms with Crippen molar-refractivity contribution in [2.75, 3.05) is 18.4 Å². The van der Waals surface area contributed by atoms with Crippen LogP contribution in [-0.2, 0) is 27.3 Å². The van der Waals surface area contributed by atoms with Crippen molar-refractivity contribution in [1.82, 2.24) is 4.90 Å². The van der Waals surface area contributed by atoms with Gasteiger partial charge < -0.3 is 15.8 Å². The number of amidine groups is 1. The molecule has 1 saturated heterocycles. The lowest BCUT2D eigenvalue weighted by Crippen LogP contribution is -2.26. The second kappa shape index (κ2) is 10.2. The Bertz CT molecular complexity index is 950. The van der Waals surface area contributed by atoms with E-state index in [4.69, 9.17) is 15.9 Å². The van der Waals surface area contributed by atoms with Crippen molar-refractivity contribution in [3.05, 3.63) is 64.7 Å². The normalized spacial score (nSPS) is 14.8. The molecule has 2 aromatic carbocycles. The van der Waals surface area contributed by atoms with Crippen LogP contribution >= 0.6 is 0 Å². The van der Waals surface area contributed by atoms with Gasteiger partial charge in [0.25, 0.3) is 0 Å². The van der Waals surface area contributed by atoms with Crippen molar-refractivity contribution in [2.24, 2.45) is 5.73 Å². The third-order valence-electron chi connectivity index (χ3n) is 5.41. The van der Waals surface area contributed by atoms with Crippen LogP contribution in [0.3, 0.4) is 0 Å². The summed E-state index contributed by atoms with van der Waals surface area (Å²) < 4.78 is 4.94. The van der Waals surface area contributed by atoms with Gasteiger partial charge in [-0.25, -0.2) is 4.79 Å². The molecule has 2 aromatic rings. The van der Waals surface area contributed by atoms with Gasteiger partial charge >= 0.3 is 11.9 Å². The summed E-state index contributed by atoms with van der Waals surface area (Å²) in [5, 5.41) is 10.7. The molecule has 7 heteroatoms. The zero-order chi connectivity index (χ0) is 22.4. The van der Waals surface area contributed by atoms with Crippen molar-refractivity contribution in [2.45, 2.75) is 45.7 Å². The number of hydrogen-bond acceptors (Lipinski definition) is 6. The van der Waals surface area contributed by atoms with Crippen LogP contribution in [0, 0.1) is 5.41 Å². The molecule has 1 heterocycles. The first kappa shape index (κ1) is 22.5. The van der Waals surface area contributed by atoms with Crippen LogP contribution in [0.5, 0.6) is 0 Å². The molecule has 3 rings (SSSR count). The number of benzene rings is 2. The summed E-state index contributed by atoms with van der Waals surface area (Å²) in [6.07, 6.45) is 3.26. The first-order chi connectivity index (χ1) is 14.9. The third kappa shape index (κ3) is 6.15. The van der Waals surface area contributed by atoms with Gasteiger partial charge in [-0.3, -0.25) is 15.1 Å². The number of carbonyl (C=O) groups is 2. The molecule has 0 bridgehead atoms. The monoisotopic (exact) mass is 422 g/mol.